The number of rotatable bonds is 6. The van der Waals surface area contributed by atoms with Gasteiger partial charge in [0, 0.05) is 11.6 Å². The van der Waals surface area contributed by atoms with Gasteiger partial charge in [0.05, 0.1) is 5.56 Å². The van der Waals surface area contributed by atoms with Crippen molar-refractivity contribution in [3.63, 3.8) is 0 Å². The highest BCUT2D eigenvalue weighted by Gasteiger charge is 2.21. The molecule has 0 aliphatic rings. The number of hydrogen-bond acceptors (Lipinski definition) is 5. The Hall–Kier alpha value is -1.41. The molecule has 106 valence electrons. The molecule has 8 heteroatoms. The van der Waals surface area contributed by atoms with Gasteiger partial charge in [-0.3, -0.25) is 4.79 Å². The Labute approximate surface area is 115 Å². The second-order valence-corrected chi connectivity index (χ2v) is 7.23. The van der Waals surface area contributed by atoms with E-state index in [0.29, 0.717) is 12.8 Å². The number of nitrogens with one attached hydrogen (secondary N) is 1. The van der Waals surface area contributed by atoms with Crippen LogP contribution in [0.5, 0.6) is 0 Å². The van der Waals surface area contributed by atoms with Gasteiger partial charge in [-0.25, -0.2) is 13.2 Å². The Morgan fingerprint density at radius 2 is 2.11 bits per heavy atom. The van der Waals surface area contributed by atoms with Gasteiger partial charge in [0.25, 0.3) is 5.91 Å². The maximum atomic E-state index is 11.8. The van der Waals surface area contributed by atoms with Crippen molar-refractivity contribution >= 4 is 33.1 Å². The van der Waals surface area contributed by atoms with E-state index in [4.69, 9.17) is 5.11 Å². The third-order valence-corrected chi connectivity index (χ3v) is 5.15. The molecule has 1 atom stereocenters. The molecule has 0 aromatic carbocycles. The summed E-state index contributed by atoms with van der Waals surface area (Å²) in [5, 5.41) is 12.7. The Bertz CT molecular complexity index is 576. The van der Waals surface area contributed by atoms with Crippen molar-refractivity contribution in [3.05, 3.63) is 17.0 Å². The summed E-state index contributed by atoms with van der Waals surface area (Å²) in [7, 11) is -3.35. The van der Waals surface area contributed by atoms with Crippen molar-refractivity contribution in [1.29, 1.82) is 0 Å². The quantitative estimate of drug-likeness (QED) is 0.820. The lowest BCUT2D eigenvalue weighted by atomic mass is 10.1. The average molecular weight is 305 g/mol. The second kappa shape index (κ2) is 6.16. The fourth-order valence-corrected chi connectivity index (χ4v) is 3.22. The van der Waals surface area contributed by atoms with Crippen LogP contribution in [-0.4, -0.2) is 37.7 Å². The van der Waals surface area contributed by atoms with Gasteiger partial charge in [-0.2, -0.15) is 0 Å². The van der Waals surface area contributed by atoms with E-state index in [0.717, 1.165) is 17.6 Å². The molecule has 0 saturated carbocycles. The zero-order chi connectivity index (χ0) is 14.6. The van der Waals surface area contributed by atoms with Gasteiger partial charge >= 0.3 is 5.97 Å². The molecule has 1 aromatic rings. The molecule has 6 nitrogen and oxygen atoms in total. The standard InChI is InChI=1S/C11H15NO5S2/c1-3-4-8(11(14)15)12-10(13)7-5-9(18-6-7)19(2,16)17/h5-6,8H,3-4H2,1-2H3,(H,12,13)(H,14,15). The molecule has 1 rings (SSSR count). The number of thiophene rings is 1. The molecule has 1 unspecified atom stereocenters. The number of sulfone groups is 1. The normalized spacial score (nSPS) is 12.9. The Morgan fingerprint density at radius 1 is 1.47 bits per heavy atom. The van der Waals surface area contributed by atoms with E-state index in [1.54, 1.807) is 0 Å². The minimum absolute atomic E-state index is 0.0833. The van der Waals surface area contributed by atoms with Crippen molar-refractivity contribution in [3.8, 4) is 0 Å². The predicted molar refractivity (Wildman–Crippen MR) is 71.2 cm³/mol. The van der Waals surface area contributed by atoms with Crippen LogP contribution in [0.25, 0.3) is 0 Å². The average Bonchev–Trinajstić information content (AvgIpc) is 2.76. The molecule has 1 aromatic heterocycles. The number of aliphatic carboxylic acids is 1. The zero-order valence-electron chi connectivity index (χ0n) is 10.5. The number of carbonyl (C=O) groups excluding carboxylic acids is 1. The third-order valence-electron chi connectivity index (χ3n) is 2.38. The number of hydrogen-bond donors (Lipinski definition) is 2. The smallest absolute Gasteiger partial charge is 0.326 e. The molecular formula is C11H15NO5S2. The number of carboxylic acids is 1. The Morgan fingerprint density at radius 3 is 2.53 bits per heavy atom. The summed E-state index contributed by atoms with van der Waals surface area (Å²) >= 11 is 0.937. The summed E-state index contributed by atoms with van der Waals surface area (Å²) in [5.41, 5.74) is 0.160. The van der Waals surface area contributed by atoms with Crippen LogP contribution in [-0.2, 0) is 14.6 Å². The van der Waals surface area contributed by atoms with Gasteiger partial charge in [0.2, 0.25) is 0 Å². The van der Waals surface area contributed by atoms with Crippen molar-refractivity contribution in [1.82, 2.24) is 5.32 Å². The summed E-state index contributed by atoms with van der Waals surface area (Å²) in [6.07, 6.45) is 2.00. The molecule has 0 aliphatic carbocycles. The summed E-state index contributed by atoms with van der Waals surface area (Å²) < 4.78 is 22.7. The first-order valence-corrected chi connectivity index (χ1v) is 8.35. The first-order chi connectivity index (χ1) is 8.75. The van der Waals surface area contributed by atoms with E-state index in [1.165, 1.54) is 11.4 Å². The van der Waals surface area contributed by atoms with E-state index < -0.39 is 27.8 Å². The molecule has 0 bridgehead atoms. The van der Waals surface area contributed by atoms with Crippen LogP contribution < -0.4 is 5.32 Å². The van der Waals surface area contributed by atoms with Gasteiger partial charge in [0.1, 0.15) is 10.3 Å². The summed E-state index contributed by atoms with van der Waals surface area (Å²) in [6.45, 7) is 1.81. The fourth-order valence-electron chi connectivity index (χ4n) is 1.42. The lowest BCUT2D eigenvalue weighted by molar-refractivity contribution is -0.139. The topological polar surface area (TPSA) is 101 Å². The molecule has 0 radical (unpaired) electrons. The first-order valence-electron chi connectivity index (χ1n) is 5.58. The summed E-state index contributed by atoms with van der Waals surface area (Å²) in [6, 6.07) is 0.291. The SMILES string of the molecule is CCCC(NC(=O)c1csc(S(C)(=O)=O)c1)C(=O)O. The molecule has 0 aliphatic heterocycles. The van der Waals surface area contributed by atoms with E-state index in [9.17, 15) is 18.0 Å². The Kier molecular flexibility index (Phi) is 5.07. The van der Waals surface area contributed by atoms with E-state index >= 15 is 0 Å². The van der Waals surface area contributed by atoms with Crippen LogP contribution in [0.1, 0.15) is 30.1 Å². The van der Waals surface area contributed by atoms with Crippen molar-refractivity contribution in [2.24, 2.45) is 0 Å². The monoisotopic (exact) mass is 305 g/mol. The predicted octanol–water partition coefficient (Wildman–Crippen LogP) is 1.13. The first kappa shape index (κ1) is 15.6. The van der Waals surface area contributed by atoms with Crippen molar-refractivity contribution in [2.75, 3.05) is 6.26 Å². The summed E-state index contributed by atoms with van der Waals surface area (Å²) in [5.74, 6) is -1.68. The third kappa shape index (κ3) is 4.32. The van der Waals surface area contributed by atoms with E-state index in [1.807, 2.05) is 6.92 Å². The molecule has 19 heavy (non-hydrogen) atoms. The van der Waals surface area contributed by atoms with Crippen LogP contribution in [0, 0.1) is 0 Å². The highest BCUT2D eigenvalue weighted by atomic mass is 32.2. The molecule has 2 N–H and O–H groups in total. The van der Waals surface area contributed by atoms with Crippen molar-refractivity contribution < 1.29 is 23.1 Å². The van der Waals surface area contributed by atoms with Gasteiger partial charge in [-0.1, -0.05) is 13.3 Å². The van der Waals surface area contributed by atoms with Crippen LogP contribution in [0.15, 0.2) is 15.7 Å². The fraction of sp³-hybridized carbons (Fsp3) is 0.455. The zero-order valence-corrected chi connectivity index (χ0v) is 12.2. The minimum Gasteiger partial charge on any atom is -0.480 e. The van der Waals surface area contributed by atoms with Gasteiger partial charge in [0.15, 0.2) is 9.84 Å². The van der Waals surface area contributed by atoms with Crippen LogP contribution in [0.3, 0.4) is 0 Å². The molecule has 0 fully saturated rings. The molecule has 1 heterocycles. The lowest BCUT2D eigenvalue weighted by Crippen LogP contribution is -2.40. The second-order valence-electron chi connectivity index (χ2n) is 4.08. The van der Waals surface area contributed by atoms with Crippen LogP contribution in [0.4, 0.5) is 0 Å². The van der Waals surface area contributed by atoms with E-state index in [2.05, 4.69) is 5.32 Å². The summed E-state index contributed by atoms with van der Waals surface area (Å²) in [4.78, 5) is 22.7. The van der Waals surface area contributed by atoms with Gasteiger partial charge < -0.3 is 10.4 Å². The lowest BCUT2D eigenvalue weighted by Gasteiger charge is -2.12. The van der Waals surface area contributed by atoms with Crippen LogP contribution >= 0.6 is 11.3 Å². The molecule has 0 spiro atoms. The van der Waals surface area contributed by atoms with Gasteiger partial charge in [-0.05, 0) is 12.5 Å². The molecule has 0 saturated heterocycles. The van der Waals surface area contributed by atoms with Crippen LogP contribution in [0.2, 0.25) is 0 Å². The van der Waals surface area contributed by atoms with E-state index in [-0.39, 0.29) is 9.77 Å². The van der Waals surface area contributed by atoms with Gasteiger partial charge in [-0.15, -0.1) is 11.3 Å². The maximum Gasteiger partial charge on any atom is 0.326 e. The number of carbonyl (C=O) groups is 2. The highest BCUT2D eigenvalue weighted by molar-refractivity contribution is 7.92. The van der Waals surface area contributed by atoms with Crippen molar-refractivity contribution in [2.45, 2.75) is 30.0 Å². The molecular weight excluding hydrogens is 290 g/mol. The molecule has 1 amide bonds. The highest BCUT2D eigenvalue weighted by Crippen LogP contribution is 2.20. The minimum atomic E-state index is -3.35. The Balaban J connectivity index is 2.83. The largest absolute Gasteiger partial charge is 0.480 e. The number of amides is 1. The number of carboxylic acid groups (broad SMARTS) is 1. The maximum absolute atomic E-state index is 11.8.